The first kappa shape index (κ1) is 21.6. The molecule has 8 heteroatoms. The number of aryl methyl sites for hydroxylation is 2. The van der Waals surface area contributed by atoms with E-state index in [9.17, 15) is 8.42 Å². The van der Waals surface area contributed by atoms with Gasteiger partial charge in [0.25, 0.3) is 0 Å². The van der Waals surface area contributed by atoms with Crippen LogP contribution in [-0.2, 0) is 17.1 Å². The van der Waals surface area contributed by atoms with Crippen LogP contribution in [0.25, 0.3) is 0 Å². The first-order valence-electron chi connectivity index (χ1n) is 7.98. The molecule has 0 fully saturated rings. The quantitative estimate of drug-likeness (QED) is 0.798. The van der Waals surface area contributed by atoms with Gasteiger partial charge in [0.05, 0.1) is 11.4 Å². The topological polar surface area (TPSA) is 90.0 Å². The van der Waals surface area contributed by atoms with Crippen molar-refractivity contribution in [1.29, 1.82) is 0 Å². The van der Waals surface area contributed by atoms with Gasteiger partial charge in [0.2, 0.25) is 10.0 Å². The monoisotopic (exact) mass is 386 g/mol. The molecular formula is C17H27ClN4O2S. The molecule has 0 aliphatic carbocycles. The van der Waals surface area contributed by atoms with Gasteiger partial charge in [-0.15, -0.1) is 12.4 Å². The number of hydrogen-bond donors (Lipinski definition) is 2. The van der Waals surface area contributed by atoms with E-state index < -0.39 is 16.1 Å². The molecular weight excluding hydrogens is 360 g/mol. The van der Waals surface area contributed by atoms with E-state index in [1.54, 1.807) is 25.6 Å². The minimum Gasteiger partial charge on any atom is -0.323 e. The molecule has 3 N–H and O–H groups in total. The van der Waals surface area contributed by atoms with Gasteiger partial charge in [0.15, 0.2) is 0 Å². The van der Waals surface area contributed by atoms with E-state index in [-0.39, 0.29) is 23.8 Å². The van der Waals surface area contributed by atoms with Gasteiger partial charge in [-0.1, -0.05) is 38.1 Å². The fourth-order valence-electron chi connectivity index (χ4n) is 2.66. The first-order valence-corrected chi connectivity index (χ1v) is 9.47. The second-order valence-corrected chi connectivity index (χ2v) is 8.11. The van der Waals surface area contributed by atoms with Crippen LogP contribution in [0.5, 0.6) is 0 Å². The number of rotatable bonds is 6. The second kappa shape index (κ2) is 8.31. The molecule has 1 unspecified atom stereocenters. The lowest BCUT2D eigenvalue weighted by atomic mass is 9.99. The number of sulfonamides is 1. The number of benzene rings is 1. The van der Waals surface area contributed by atoms with Crippen molar-refractivity contribution < 1.29 is 8.42 Å². The summed E-state index contributed by atoms with van der Waals surface area (Å²) in [4.78, 5) is 0.229. The van der Waals surface area contributed by atoms with E-state index >= 15 is 0 Å². The molecule has 2 rings (SSSR count). The van der Waals surface area contributed by atoms with Crippen molar-refractivity contribution in [3.63, 3.8) is 0 Å². The van der Waals surface area contributed by atoms with Crippen LogP contribution in [0.15, 0.2) is 29.2 Å². The van der Waals surface area contributed by atoms with Crippen LogP contribution >= 0.6 is 12.4 Å². The van der Waals surface area contributed by atoms with Crippen LogP contribution in [0.1, 0.15) is 48.3 Å². The molecule has 1 heterocycles. The highest BCUT2D eigenvalue weighted by molar-refractivity contribution is 7.89. The van der Waals surface area contributed by atoms with Crippen molar-refractivity contribution in [1.82, 2.24) is 14.5 Å². The number of nitrogens with two attached hydrogens (primary N) is 1. The number of halogens is 1. The Morgan fingerprint density at radius 1 is 1.16 bits per heavy atom. The summed E-state index contributed by atoms with van der Waals surface area (Å²) in [6, 6.07) is 7.57. The molecule has 0 saturated carbocycles. The smallest absolute Gasteiger partial charge is 0.244 e. The van der Waals surface area contributed by atoms with Crippen molar-refractivity contribution in [3.05, 3.63) is 46.8 Å². The zero-order valence-corrected chi connectivity index (χ0v) is 16.9. The van der Waals surface area contributed by atoms with Gasteiger partial charge in [-0.3, -0.25) is 4.68 Å². The molecule has 25 heavy (non-hydrogen) atoms. The molecule has 1 aromatic heterocycles. The van der Waals surface area contributed by atoms with Gasteiger partial charge in [-0.2, -0.15) is 5.10 Å². The third-order valence-corrected chi connectivity index (χ3v) is 5.91. The highest BCUT2D eigenvalue weighted by Gasteiger charge is 2.24. The standard InChI is InChI=1S/C17H26N4O2S.ClH/c1-11(2)14-6-8-15(9-7-14)16(18)10-19-24(22,23)17-12(3)20-21(5)13(17)4;/h6-9,11,16,19H,10,18H2,1-5H3;1H. The maximum atomic E-state index is 12.5. The third kappa shape index (κ3) is 4.82. The highest BCUT2D eigenvalue weighted by atomic mass is 35.5. The largest absolute Gasteiger partial charge is 0.323 e. The minimum absolute atomic E-state index is 0. The molecule has 0 amide bonds. The Morgan fingerprint density at radius 3 is 2.12 bits per heavy atom. The van der Waals surface area contributed by atoms with E-state index in [4.69, 9.17) is 5.73 Å². The average Bonchev–Trinajstić information content (AvgIpc) is 2.78. The summed E-state index contributed by atoms with van der Waals surface area (Å²) >= 11 is 0. The van der Waals surface area contributed by atoms with Crippen molar-refractivity contribution in [3.8, 4) is 0 Å². The van der Waals surface area contributed by atoms with E-state index in [0.29, 0.717) is 17.3 Å². The summed E-state index contributed by atoms with van der Waals surface area (Å²) in [5.41, 5.74) is 9.36. The summed E-state index contributed by atoms with van der Waals surface area (Å²) in [6.07, 6.45) is 0. The SMILES string of the molecule is Cc1nn(C)c(C)c1S(=O)(=O)NCC(N)c1ccc(C(C)C)cc1.Cl. The first-order chi connectivity index (χ1) is 11.1. The number of nitrogens with one attached hydrogen (secondary N) is 1. The van der Waals surface area contributed by atoms with E-state index in [0.717, 1.165) is 5.56 Å². The summed E-state index contributed by atoms with van der Waals surface area (Å²) in [5.74, 6) is 0.449. The Bertz CT molecular complexity index is 814. The molecule has 6 nitrogen and oxygen atoms in total. The zero-order chi connectivity index (χ0) is 18.1. The zero-order valence-electron chi connectivity index (χ0n) is 15.3. The van der Waals surface area contributed by atoms with E-state index in [1.807, 2.05) is 24.3 Å². The van der Waals surface area contributed by atoms with Crippen LogP contribution in [-0.4, -0.2) is 24.7 Å². The normalized spacial score (nSPS) is 12.9. The number of aromatic nitrogens is 2. The van der Waals surface area contributed by atoms with Crippen molar-refractivity contribution in [2.24, 2.45) is 12.8 Å². The lowest BCUT2D eigenvalue weighted by Crippen LogP contribution is -2.32. The Hall–Kier alpha value is -1.41. The maximum absolute atomic E-state index is 12.5. The number of nitrogens with zero attached hydrogens (tertiary/aromatic N) is 2. The lowest BCUT2D eigenvalue weighted by Gasteiger charge is -2.15. The van der Waals surface area contributed by atoms with E-state index in [1.165, 1.54) is 5.56 Å². The Labute approximate surface area is 156 Å². The molecule has 0 saturated heterocycles. The van der Waals surface area contributed by atoms with Crippen LogP contribution in [0.3, 0.4) is 0 Å². The second-order valence-electron chi connectivity index (χ2n) is 6.40. The average molecular weight is 387 g/mol. The molecule has 0 aliphatic rings. The van der Waals surface area contributed by atoms with Gasteiger partial charge in [0, 0.05) is 19.6 Å². The van der Waals surface area contributed by atoms with Gasteiger partial charge in [-0.05, 0) is 30.9 Å². The fourth-order valence-corrected chi connectivity index (χ4v) is 4.15. The minimum atomic E-state index is -3.64. The molecule has 0 spiro atoms. The van der Waals surface area contributed by atoms with Crippen molar-refractivity contribution in [2.75, 3.05) is 6.54 Å². The maximum Gasteiger partial charge on any atom is 0.244 e. The van der Waals surface area contributed by atoms with Gasteiger partial charge in [-0.25, -0.2) is 13.1 Å². The summed E-state index contributed by atoms with van der Waals surface area (Å²) in [5, 5.41) is 4.15. The van der Waals surface area contributed by atoms with Crippen LogP contribution in [0.4, 0.5) is 0 Å². The van der Waals surface area contributed by atoms with Crippen LogP contribution < -0.4 is 10.5 Å². The fraction of sp³-hybridized carbons (Fsp3) is 0.471. The van der Waals surface area contributed by atoms with Gasteiger partial charge < -0.3 is 5.73 Å². The van der Waals surface area contributed by atoms with Crippen molar-refractivity contribution >= 4 is 22.4 Å². The molecule has 2 aromatic rings. The predicted molar refractivity (Wildman–Crippen MR) is 103 cm³/mol. The summed E-state index contributed by atoms with van der Waals surface area (Å²) in [7, 11) is -1.91. The van der Waals surface area contributed by atoms with Crippen LogP contribution in [0, 0.1) is 13.8 Å². The number of hydrogen-bond acceptors (Lipinski definition) is 4. The lowest BCUT2D eigenvalue weighted by molar-refractivity contribution is 0.570. The Balaban J connectivity index is 0.00000312. The molecule has 1 atom stereocenters. The highest BCUT2D eigenvalue weighted by Crippen LogP contribution is 2.20. The molecule has 0 bridgehead atoms. The van der Waals surface area contributed by atoms with Gasteiger partial charge in [0.1, 0.15) is 4.90 Å². The molecule has 0 radical (unpaired) electrons. The van der Waals surface area contributed by atoms with Crippen molar-refractivity contribution in [2.45, 2.75) is 44.6 Å². The van der Waals surface area contributed by atoms with E-state index in [2.05, 4.69) is 23.7 Å². The van der Waals surface area contributed by atoms with Gasteiger partial charge >= 0.3 is 0 Å². The Kier molecular flexibility index (Phi) is 7.19. The van der Waals surface area contributed by atoms with Crippen LogP contribution in [0.2, 0.25) is 0 Å². The summed E-state index contributed by atoms with van der Waals surface area (Å²) < 4.78 is 29.3. The molecule has 1 aromatic carbocycles. The molecule has 140 valence electrons. The Morgan fingerprint density at radius 2 is 1.68 bits per heavy atom. The summed E-state index contributed by atoms with van der Waals surface area (Å²) in [6.45, 7) is 7.81. The third-order valence-electron chi connectivity index (χ3n) is 4.24. The molecule has 0 aliphatic heterocycles. The predicted octanol–water partition coefficient (Wildman–Crippen LogP) is 2.56.